The number of nitrogens with zero attached hydrogens (tertiary/aromatic N) is 1. The molecule has 1 aromatic rings. The molecule has 1 aliphatic heterocycles. The van der Waals surface area contributed by atoms with Crippen LogP contribution in [0.2, 0.25) is 0 Å². The molecule has 1 N–H and O–H groups in total. The number of benzene rings is 1. The summed E-state index contributed by atoms with van der Waals surface area (Å²) in [6.07, 6.45) is -4.72. The second-order valence-corrected chi connectivity index (χ2v) is 5.03. The summed E-state index contributed by atoms with van der Waals surface area (Å²) in [6.45, 7) is 2.46. The Labute approximate surface area is 125 Å². The first-order valence-corrected chi connectivity index (χ1v) is 6.62. The van der Waals surface area contributed by atoms with Crippen molar-refractivity contribution in [3.63, 3.8) is 0 Å². The Balaban J connectivity index is 1.78. The van der Waals surface area contributed by atoms with Gasteiger partial charge in [-0.2, -0.15) is 0 Å². The van der Waals surface area contributed by atoms with E-state index in [1.807, 2.05) is 0 Å². The quantitative estimate of drug-likeness (QED) is 0.919. The Kier molecular flexibility index (Phi) is 4.58. The average Bonchev–Trinajstić information content (AvgIpc) is 2.33. The molecule has 0 spiro atoms. The number of nitrogens with one attached hydrogen (secondary N) is 1. The van der Waals surface area contributed by atoms with Gasteiger partial charge < -0.3 is 15.0 Å². The molecule has 8 heteroatoms. The smallest absolute Gasteiger partial charge is 0.406 e. The number of carbonyl (C=O) groups excluding carboxylic acids is 2. The van der Waals surface area contributed by atoms with Crippen molar-refractivity contribution < 1.29 is 27.5 Å². The van der Waals surface area contributed by atoms with Crippen LogP contribution in [0.4, 0.5) is 13.2 Å². The van der Waals surface area contributed by atoms with Crippen LogP contribution >= 0.6 is 0 Å². The van der Waals surface area contributed by atoms with Gasteiger partial charge in [0, 0.05) is 26.6 Å². The second kappa shape index (κ2) is 6.25. The van der Waals surface area contributed by atoms with Gasteiger partial charge in [-0.1, -0.05) is 12.1 Å². The molecule has 0 aliphatic carbocycles. The predicted octanol–water partition coefficient (Wildman–Crippen LogP) is 1.68. The highest BCUT2D eigenvalue weighted by Gasteiger charge is 2.34. The highest BCUT2D eigenvalue weighted by atomic mass is 19.4. The van der Waals surface area contributed by atoms with Crippen LogP contribution in [-0.2, 0) is 16.1 Å². The first-order chi connectivity index (χ1) is 10.2. The van der Waals surface area contributed by atoms with Crippen LogP contribution in [0.3, 0.4) is 0 Å². The number of alkyl halides is 3. The number of carbonyl (C=O) groups is 2. The van der Waals surface area contributed by atoms with Crippen LogP contribution < -0.4 is 10.1 Å². The van der Waals surface area contributed by atoms with Crippen molar-refractivity contribution in [2.45, 2.75) is 19.8 Å². The molecule has 0 aromatic heterocycles. The van der Waals surface area contributed by atoms with E-state index in [0.29, 0.717) is 18.7 Å². The molecule has 0 unspecified atom stereocenters. The van der Waals surface area contributed by atoms with Crippen molar-refractivity contribution in [2.24, 2.45) is 5.92 Å². The molecule has 1 saturated heterocycles. The Morgan fingerprint density at radius 1 is 1.27 bits per heavy atom. The van der Waals surface area contributed by atoms with Gasteiger partial charge in [0.1, 0.15) is 5.75 Å². The standard InChI is InChI=1S/C14H15F3N2O3/c1-9(20)19-7-11(8-19)13(21)18-6-10-2-4-12(5-3-10)22-14(15,16)17/h2-5,11H,6-8H2,1H3,(H,18,21). The highest BCUT2D eigenvalue weighted by Crippen LogP contribution is 2.22. The number of likely N-dealkylation sites (tertiary alicyclic amines) is 1. The Morgan fingerprint density at radius 3 is 2.36 bits per heavy atom. The summed E-state index contributed by atoms with van der Waals surface area (Å²) in [5.41, 5.74) is 0.658. The van der Waals surface area contributed by atoms with Crippen molar-refractivity contribution in [2.75, 3.05) is 13.1 Å². The lowest BCUT2D eigenvalue weighted by Crippen LogP contribution is -2.55. The van der Waals surface area contributed by atoms with Crippen LogP contribution in [0.15, 0.2) is 24.3 Å². The zero-order valence-corrected chi connectivity index (χ0v) is 11.8. The summed E-state index contributed by atoms with van der Waals surface area (Å²) in [6, 6.07) is 5.28. The Morgan fingerprint density at radius 2 is 1.86 bits per heavy atom. The van der Waals surface area contributed by atoms with Gasteiger partial charge in [-0.05, 0) is 17.7 Å². The summed E-state index contributed by atoms with van der Waals surface area (Å²) in [5, 5.41) is 2.69. The van der Waals surface area contributed by atoms with E-state index >= 15 is 0 Å². The molecule has 1 aromatic carbocycles. The molecule has 1 heterocycles. The number of ether oxygens (including phenoxy) is 1. The number of halogens is 3. The van der Waals surface area contributed by atoms with Gasteiger partial charge >= 0.3 is 6.36 Å². The molecule has 5 nitrogen and oxygen atoms in total. The van der Waals surface area contributed by atoms with Gasteiger partial charge in [-0.15, -0.1) is 13.2 Å². The van der Waals surface area contributed by atoms with E-state index < -0.39 is 6.36 Å². The second-order valence-electron chi connectivity index (χ2n) is 5.03. The van der Waals surface area contributed by atoms with Crippen LogP contribution in [0.1, 0.15) is 12.5 Å². The first-order valence-electron chi connectivity index (χ1n) is 6.62. The van der Waals surface area contributed by atoms with Crippen molar-refractivity contribution in [3.8, 4) is 5.75 Å². The zero-order valence-electron chi connectivity index (χ0n) is 11.8. The van der Waals surface area contributed by atoms with E-state index in [2.05, 4.69) is 10.1 Å². The number of rotatable bonds is 4. The first kappa shape index (κ1) is 16.1. The van der Waals surface area contributed by atoms with Gasteiger partial charge in [0.15, 0.2) is 0 Å². The minimum atomic E-state index is -4.72. The molecule has 2 rings (SSSR count). The van der Waals surface area contributed by atoms with E-state index in [1.165, 1.54) is 31.2 Å². The minimum absolute atomic E-state index is 0.0655. The topological polar surface area (TPSA) is 58.6 Å². The summed E-state index contributed by atoms with van der Waals surface area (Å²) in [7, 11) is 0. The molecule has 1 fully saturated rings. The number of hydrogen-bond acceptors (Lipinski definition) is 3. The van der Waals surface area contributed by atoms with E-state index in [-0.39, 0.29) is 30.0 Å². The lowest BCUT2D eigenvalue weighted by molar-refractivity contribution is -0.274. The van der Waals surface area contributed by atoms with Crippen molar-refractivity contribution in [3.05, 3.63) is 29.8 Å². The fourth-order valence-corrected chi connectivity index (χ4v) is 2.04. The molecule has 0 saturated carbocycles. The van der Waals surface area contributed by atoms with Crippen molar-refractivity contribution in [1.82, 2.24) is 10.2 Å². The van der Waals surface area contributed by atoms with Crippen LogP contribution in [-0.4, -0.2) is 36.2 Å². The molecule has 2 amide bonds. The molecule has 0 radical (unpaired) electrons. The Bertz CT molecular complexity index is 551. The SMILES string of the molecule is CC(=O)N1CC(C(=O)NCc2ccc(OC(F)(F)F)cc2)C1. The van der Waals surface area contributed by atoms with Crippen molar-refractivity contribution >= 4 is 11.8 Å². The lowest BCUT2D eigenvalue weighted by Gasteiger charge is -2.37. The van der Waals surface area contributed by atoms with E-state index in [1.54, 1.807) is 4.90 Å². The molecule has 22 heavy (non-hydrogen) atoms. The molecule has 0 atom stereocenters. The maximum atomic E-state index is 12.0. The molecular weight excluding hydrogens is 301 g/mol. The van der Waals surface area contributed by atoms with E-state index in [4.69, 9.17) is 0 Å². The van der Waals surface area contributed by atoms with Crippen molar-refractivity contribution in [1.29, 1.82) is 0 Å². The van der Waals surface area contributed by atoms with Gasteiger partial charge in [-0.25, -0.2) is 0 Å². The third kappa shape index (κ3) is 4.37. The van der Waals surface area contributed by atoms with Gasteiger partial charge in [0.2, 0.25) is 11.8 Å². The van der Waals surface area contributed by atoms with E-state index in [9.17, 15) is 22.8 Å². The van der Waals surface area contributed by atoms with Gasteiger partial charge in [0.25, 0.3) is 0 Å². The maximum Gasteiger partial charge on any atom is 0.573 e. The third-order valence-corrected chi connectivity index (χ3v) is 3.32. The average molecular weight is 316 g/mol. The van der Waals surface area contributed by atoms with Crippen LogP contribution in [0.25, 0.3) is 0 Å². The summed E-state index contributed by atoms with van der Waals surface area (Å²) < 4.78 is 39.8. The monoisotopic (exact) mass is 316 g/mol. The minimum Gasteiger partial charge on any atom is -0.406 e. The lowest BCUT2D eigenvalue weighted by atomic mass is 9.99. The molecule has 0 bridgehead atoms. The zero-order chi connectivity index (χ0) is 16.3. The molecule has 1 aliphatic rings. The summed E-state index contributed by atoms with van der Waals surface area (Å²) in [5.74, 6) is -0.771. The fraction of sp³-hybridized carbons (Fsp3) is 0.429. The van der Waals surface area contributed by atoms with Gasteiger partial charge in [0.05, 0.1) is 5.92 Å². The Hall–Kier alpha value is -2.25. The summed E-state index contributed by atoms with van der Waals surface area (Å²) >= 11 is 0. The number of amides is 2. The maximum absolute atomic E-state index is 12.0. The molecule has 120 valence electrons. The van der Waals surface area contributed by atoms with Gasteiger partial charge in [-0.3, -0.25) is 9.59 Å². The normalized spacial score (nSPS) is 15.2. The largest absolute Gasteiger partial charge is 0.573 e. The molecular formula is C14H15F3N2O3. The van der Waals surface area contributed by atoms with Crippen LogP contribution in [0, 0.1) is 5.92 Å². The highest BCUT2D eigenvalue weighted by molar-refractivity contribution is 5.83. The van der Waals surface area contributed by atoms with Crippen LogP contribution in [0.5, 0.6) is 5.75 Å². The van der Waals surface area contributed by atoms with E-state index in [0.717, 1.165) is 0 Å². The predicted molar refractivity (Wildman–Crippen MR) is 70.7 cm³/mol. The third-order valence-electron chi connectivity index (χ3n) is 3.32. The fourth-order valence-electron chi connectivity index (χ4n) is 2.04. The number of hydrogen-bond donors (Lipinski definition) is 1. The summed E-state index contributed by atoms with van der Waals surface area (Å²) in [4.78, 5) is 24.4.